The van der Waals surface area contributed by atoms with Crippen molar-refractivity contribution >= 4 is 5.78 Å². The van der Waals surface area contributed by atoms with Crippen LogP contribution in [0.15, 0.2) is 11.6 Å². The molecule has 0 aliphatic heterocycles. The van der Waals surface area contributed by atoms with E-state index in [-0.39, 0.29) is 12.4 Å². The van der Waals surface area contributed by atoms with Crippen molar-refractivity contribution in [2.24, 2.45) is 0 Å². The minimum absolute atomic E-state index is 0.183. The van der Waals surface area contributed by atoms with Crippen LogP contribution in [0.25, 0.3) is 0 Å². The average Bonchev–Trinajstić information content (AvgIpc) is 2.03. The van der Waals surface area contributed by atoms with E-state index in [4.69, 9.17) is 5.11 Å². The Morgan fingerprint density at radius 2 is 2.09 bits per heavy atom. The number of unbranched alkanes of at least 4 members (excludes halogenated alkanes) is 1. The summed E-state index contributed by atoms with van der Waals surface area (Å²) < 4.78 is 0. The highest BCUT2D eigenvalue weighted by molar-refractivity contribution is 5.94. The molecule has 0 fully saturated rings. The van der Waals surface area contributed by atoms with Crippen LogP contribution >= 0.6 is 0 Å². The van der Waals surface area contributed by atoms with Gasteiger partial charge in [-0.1, -0.05) is 6.08 Å². The minimum Gasteiger partial charge on any atom is -0.396 e. The summed E-state index contributed by atoms with van der Waals surface area (Å²) in [4.78, 5) is 11.1. The first-order valence-corrected chi connectivity index (χ1v) is 3.99. The van der Waals surface area contributed by atoms with E-state index in [1.807, 2.05) is 19.9 Å². The van der Waals surface area contributed by atoms with Crippen LogP contribution in [0.3, 0.4) is 0 Å². The summed E-state index contributed by atoms with van der Waals surface area (Å²) in [5.41, 5.74) is 0.822. The number of hydrogen-bond acceptors (Lipinski definition) is 2. The van der Waals surface area contributed by atoms with E-state index < -0.39 is 0 Å². The van der Waals surface area contributed by atoms with Crippen LogP contribution < -0.4 is 0 Å². The van der Waals surface area contributed by atoms with Crippen LogP contribution in [0.2, 0.25) is 0 Å². The molecule has 1 N–H and O–H groups in total. The number of rotatable bonds is 5. The fourth-order valence-corrected chi connectivity index (χ4v) is 0.756. The molecule has 0 bridgehead atoms. The zero-order chi connectivity index (χ0) is 8.69. The molecule has 0 aromatic rings. The van der Waals surface area contributed by atoms with Gasteiger partial charge in [-0.05, 0) is 32.3 Å². The van der Waals surface area contributed by atoms with Crippen LogP contribution in [0.1, 0.15) is 33.1 Å². The van der Waals surface area contributed by atoms with Gasteiger partial charge < -0.3 is 5.11 Å². The van der Waals surface area contributed by atoms with Crippen molar-refractivity contribution < 1.29 is 9.90 Å². The number of allylic oxidation sites excluding steroid dienone is 2. The van der Waals surface area contributed by atoms with Crippen molar-refractivity contribution in [3.63, 3.8) is 0 Å². The van der Waals surface area contributed by atoms with Gasteiger partial charge in [0.25, 0.3) is 0 Å². The van der Waals surface area contributed by atoms with E-state index in [9.17, 15) is 4.79 Å². The lowest BCUT2D eigenvalue weighted by Gasteiger charge is -1.98. The molecule has 0 radical (unpaired) electrons. The maximum Gasteiger partial charge on any atom is 0.158 e. The topological polar surface area (TPSA) is 37.3 Å². The molecule has 0 aromatic carbocycles. The van der Waals surface area contributed by atoms with E-state index >= 15 is 0 Å². The molecule has 11 heavy (non-hydrogen) atoms. The van der Waals surface area contributed by atoms with Gasteiger partial charge in [0.2, 0.25) is 0 Å². The molecule has 0 heterocycles. The Balaban J connectivity index is 3.53. The summed E-state index contributed by atoms with van der Waals surface area (Å²) in [6, 6.07) is 0. The zero-order valence-corrected chi connectivity index (χ0v) is 7.26. The number of carbonyl (C=O) groups excluding carboxylic acids is 1. The van der Waals surface area contributed by atoms with Crippen LogP contribution in [-0.2, 0) is 4.79 Å². The highest BCUT2D eigenvalue weighted by Gasteiger charge is 2.01. The zero-order valence-electron chi connectivity index (χ0n) is 7.26. The number of aliphatic hydroxyl groups is 1. The normalized spacial score (nSPS) is 11.7. The van der Waals surface area contributed by atoms with Crippen LogP contribution in [-0.4, -0.2) is 17.5 Å². The highest BCUT2D eigenvalue weighted by Crippen LogP contribution is 2.03. The molecular weight excluding hydrogens is 140 g/mol. The first-order valence-electron chi connectivity index (χ1n) is 3.99. The number of hydrogen-bond donors (Lipinski definition) is 1. The standard InChI is InChI=1S/C9H16O2/c1-3-8(2)9(11)6-4-5-7-10/h3,10H,4-7H2,1-2H3. The van der Waals surface area contributed by atoms with E-state index in [1.165, 1.54) is 0 Å². The van der Waals surface area contributed by atoms with Gasteiger partial charge in [0.05, 0.1) is 0 Å². The second-order valence-corrected chi connectivity index (χ2v) is 2.58. The Labute approximate surface area is 67.9 Å². The number of Topliss-reactive ketones (excluding diaryl/α,β-unsaturated/α-hetero) is 1. The largest absolute Gasteiger partial charge is 0.396 e. The lowest BCUT2D eigenvalue weighted by molar-refractivity contribution is -0.115. The molecule has 0 aromatic heterocycles. The van der Waals surface area contributed by atoms with Crippen LogP contribution in [0.4, 0.5) is 0 Å². The quantitative estimate of drug-likeness (QED) is 0.485. The Bertz CT molecular complexity index is 148. The van der Waals surface area contributed by atoms with Gasteiger partial charge in [-0.15, -0.1) is 0 Å². The second-order valence-electron chi connectivity index (χ2n) is 2.58. The third-order valence-electron chi connectivity index (χ3n) is 1.68. The summed E-state index contributed by atoms with van der Waals surface area (Å²) in [6.45, 7) is 3.86. The minimum atomic E-state index is 0.183. The van der Waals surface area contributed by atoms with Crippen LogP contribution in [0, 0.1) is 0 Å². The molecule has 0 saturated heterocycles. The maximum absolute atomic E-state index is 11.1. The predicted octanol–water partition coefficient (Wildman–Crippen LogP) is 1.68. The Hall–Kier alpha value is -0.630. The van der Waals surface area contributed by atoms with Gasteiger partial charge in [-0.3, -0.25) is 4.79 Å². The molecule has 0 saturated carbocycles. The Morgan fingerprint density at radius 1 is 1.45 bits per heavy atom. The molecule has 0 aliphatic rings. The molecule has 2 heteroatoms. The highest BCUT2D eigenvalue weighted by atomic mass is 16.2. The van der Waals surface area contributed by atoms with E-state index in [0.717, 1.165) is 18.4 Å². The summed E-state index contributed by atoms with van der Waals surface area (Å²) in [6.07, 6.45) is 3.90. The fraction of sp³-hybridized carbons (Fsp3) is 0.667. The first-order chi connectivity index (χ1) is 5.22. The molecule has 0 atom stereocenters. The van der Waals surface area contributed by atoms with Crippen molar-refractivity contribution in [2.45, 2.75) is 33.1 Å². The molecular formula is C9H16O2. The number of carbonyl (C=O) groups is 1. The van der Waals surface area contributed by atoms with Crippen molar-refractivity contribution in [2.75, 3.05) is 6.61 Å². The molecule has 64 valence electrons. The molecule has 0 spiro atoms. The third-order valence-corrected chi connectivity index (χ3v) is 1.68. The first kappa shape index (κ1) is 10.4. The summed E-state index contributed by atoms with van der Waals surface area (Å²) in [5.74, 6) is 0.195. The summed E-state index contributed by atoms with van der Waals surface area (Å²) >= 11 is 0. The van der Waals surface area contributed by atoms with E-state index in [1.54, 1.807) is 0 Å². The van der Waals surface area contributed by atoms with Gasteiger partial charge in [0.1, 0.15) is 0 Å². The average molecular weight is 156 g/mol. The summed E-state index contributed by atoms with van der Waals surface area (Å²) in [7, 11) is 0. The van der Waals surface area contributed by atoms with Gasteiger partial charge in [-0.2, -0.15) is 0 Å². The molecule has 0 unspecified atom stereocenters. The molecule has 0 rings (SSSR count). The van der Waals surface area contributed by atoms with Crippen molar-refractivity contribution in [3.8, 4) is 0 Å². The van der Waals surface area contributed by atoms with Crippen molar-refractivity contribution in [3.05, 3.63) is 11.6 Å². The van der Waals surface area contributed by atoms with Crippen molar-refractivity contribution in [1.82, 2.24) is 0 Å². The van der Waals surface area contributed by atoms with Crippen LogP contribution in [0.5, 0.6) is 0 Å². The van der Waals surface area contributed by atoms with Gasteiger partial charge in [0.15, 0.2) is 5.78 Å². The molecule has 0 aliphatic carbocycles. The monoisotopic (exact) mass is 156 g/mol. The lowest BCUT2D eigenvalue weighted by atomic mass is 10.1. The second kappa shape index (κ2) is 6.10. The number of ketones is 1. The van der Waals surface area contributed by atoms with E-state index in [2.05, 4.69) is 0 Å². The SMILES string of the molecule is CC=C(C)C(=O)CCCCO. The van der Waals surface area contributed by atoms with E-state index in [0.29, 0.717) is 6.42 Å². The fourth-order valence-electron chi connectivity index (χ4n) is 0.756. The van der Waals surface area contributed by atoms with Gasteiger partial charge in [0, 0.05) is 13.0 Å². The predicted molar refractivity (Wildman–Crippen MR) is 45.4 cm³/mol. The summed E-state index contributed by atoms with van der Waals surface area (Å²) in [5, 5.41) is 8.45. The van der Waals surface area contributed by atoms with Gasteiger partial charge in [-0.25, -0.2) is 0 Å². The number of aliphatic hydroxyl groups excluding tert-OH is 1. The Kier molecular flexibility index (Phi) is 5.75. The van der Waals surface area contributed by atoms with Crippen molar-refractivity contribution in [1.29, 1.82) is 0 Å². The molecule has 0 amide bonds. The Morgan fingerprint density at radius 3 is 2.55 bits per heavy atom. The maximum atomic E-state index is 11.1. The van der Waals surface area contributed by atoms with Gasteiger partial charge >= 0.3 is 0 Å². The third kappa shape index (κ3) is 4.73. The smallest absolute Gasteiger partial charge is 0.158 e. The lowest BCUT2D eigenvalue weighted by Crippen LogP contribution is -1.99. The molecule has 2 nitrogen and oxygen atoms in total.